The Balaban J connectivity index is -0.0000000267. The van der Waals surface area contributed by atoms with Gasteiger partial charge in [-0.25, -0.2) is 0 Å². The van der Waals surface area contributed by atoms with Crippen LogP contribution < -0.4 is 0 Å². The van der Waals surface area contributed by atoms with Crippen molar-refractivity contribution in [1.29, 1.82) is 0 Å². The predicted octanol–water partition coefficient (Wildman–Crippen LogP) is -3.65. The van der Waals surface area contributed by atoms with E-state index in [4.69, 9.17) is 15.9 Å². The molecule has 0 amide bonds. The molecular weight excluding hydrogens is 187 g/mol. The molecule has 0 unspecified atom stereocenters. The van der Waals surface area contributed by atoms with Crippen molar-refractivity contribution in [3.8, 4) is 0 Å². The molecule has 0 aromatic rings. The molecule has 0 radical (unpaired) electrons. The van der Waals surface area contributed by atoms with Crippen LogP contribution in [0.2, 0.25) is 0 Å². The fraction of sp³-hybridized carbons (Fsp3) is 0. The first-order valence-electron chi connectivity index (χ1n) is 0.698. The zero-order valence-electron chi connectivity index (χ0n) is 3.12. The third-order valence-electron chi connectivity index (χ3n) is 0. The molecule has 0 heterocycles. The van der Waals surface area contributed by atoms with Crippen LogP contribution in [-0.4, -0.2) is 70.7 Å². The Kier molecular flexibility index (Phi) is 24.4. The summed E-state index contributed by atoms with van der Waals surface area (Å²) in [4.78, 5) is 0. The van der Waals surface area contributed by atoms with Crippen LogP contribution in [0.25, 0.3) is 0 Å². The zero-order chi connectivity index (χ0) is 4.50. The fourth-order valence-electron chi connectivity index (χ4n) is 0. The van der Waals surface area contributed by atoms with Gasteiger partial charge in [-0.15, -0.1) is 0 Å². The Bertz CT molecular complexity index is 91.7. The molecule has 6 nitrogen and oxygen atoms in total. The summed E-state index contributed by atoms with van der Waals surface area (Å²) in [6, 6.07) is 0. The van der Waals surface area contributed by atoms with E-state index in [1.54, 1.807) is 0 Å². The molecule has 50 valence electrons. The first-order valence-corrected chi connectivity index (χ1v) is 2.88. The summed E-state index contributed by atoms with van der Waals surface area (Å²) in [6.45, 7) is 0. The van der Waals surface area contributed by atoms with Crippen molar-refractivity contribution in [2.75, 3.05) is 0 Å². The van der Waals surface area contributed by atoms with Gasteiger partial charge in [0.15, 0.2) is 0 Å². The van der Waals surface area contributed by atoms with E-state index in [-0.39, 0.29) is 62.3 Å². The van der Waals surface area contributed by atoms with Gasteiger partial charge in [-0.1, -0.05) is 0 Å². The van der Waals surface area contributed by atoms with Crippen molar-refractivity contribution < 1.29 is 40.5 Å². The predicted molar refractivity (Wildman–Crippen MR) is 20.2 cm³/mol. The Morgan fingerprint density at radius 2 is 1.00 bits per heavy atom. The van der Waals surface area contributed by atoms with Crippen molar-refractivity contribution in [3.05, 3.63) is 0 Å². The summed E-state index contributed by atoms with van der Waals surface area (Å²) >= 11 is -5.25. The first-order chi connectivity index (χ1) is 2.00. The maximum atomic E-state index is 8.82. The van der Waals surface area contributed by atoms with Crippen molar-refractivity contribution in [2.24, 2.45) is 0 Å². The average Bonchev–Trinajstić information content (AvgIpc) is 0.722. The van der Waals surface area contributed by atoms with E-state index in [0.717, 1.165) is 0 Å². The summed E-state index contributed by atoms with van der Waals surface area (Å²) < 4.78 is 31.9. The van der Waals surface area contributed by atoms with Gasteiger partial charge in [-0.05, 0) is 0 Å². The molecule has 0 rings (SSSR count). The van der Waals surface area contributed by atoms with Crippen molar-refractivity contribution in [3.63, 3.8) is 0 Å². The van der Waals surface area contributed by atoms with E-state index < -0.39 is 13.6 Å². The van der Waals surface area contributed by atoms with E-state index in [9.17, 15) is 0 Å². The molecule has 0 aliphatic rings. The van der Waals surface area contributed by atoms with Gasteiger partial charge in [0.1, 0.15) is 0 Å². The van der Waals surface area contributed by atoms with Crippen molar-refractivity contribution in [2.45, 2.75) is 0 Å². The molecule has 0 saturated carbocycles. The molecule has 0 fully saturated rings. The van der Waals surface area contributed by atoms with E-state index >= 15 is 0 Å². The van der Waals surface area contributed by atoms with Gasteiger partial charge in [-0.2, -0.15) is 0 Å². The molecule has 0 spiro atoms. The Morgan fingerprint density at radius 3 is 1.00 bits per heavy atom. The molecule has 0 saturated heterocycles. The van der Waals surface area contributed by atoms with Crippen LogP contribution in [0.3, 0.4) is 0 Å². The molecule has 0 aliphatic heterocycles. The summed E-state index contributed by atoms with van der Waals surface area (Å²) in [5.41, 5.74) is 0. The van der Waals surface area contributed by atoms with E-state index in [0.29, 0.717) is 0 Å². The van der Waals surface area contributed by atoms with Crippen molar-refractivity contribution >= 4 is 51.4 Å². The minimum atomic E-state index is -5.25. The Hall–Kier alpha value is 1.61. The zero-order valence-corrected chi connectivity index (χ0v) is 4.39. The minimum absolute atomic E-state index is 0. The molecule has 0 aliphatic carbocycles. The number of rotatable bonds is 0. The second-order valence-electron chi connectivity index (χ2n) is 0.448. The summed E-state index contributed by atoms with van der Waals surface area (Å²) in [7, 11) is 0. The molecule has 8 heteroatoms. The van der Waals surface area contributed by atoms with Gasteiger partial charge in [0.25, 0.3) is 0 Å². The van der Waals surface area contributed by atoms with Crippen LogP contribution in [0.4, 0.5) is 0 Å². The maximum absolute atomic E-state index is 8.82. The second-order valence-corrected chi connectivity index (χ2v) is 1.85. The van der Waals surface area contributed by atoms with E-state index in [1.807, 2.05) is 0 Å². The van der Waals surface area contributed by atoms with Gasteiger partial charge < -0.3 is 11.0 Å². The van der Waals surface area contributed by atoms with Gasteiger partial charge in [0.2, 0.25) is 0 Å². The van der Waals surface area contributed by atoms with Gasteiger partial charge in [0.05, 0.1) is 0 Å². The topological polar surface area (TPSA) is 138 Å². The fourth-order valence-corrected chi connectivity index (χ4v) is 0. The average molecular weight is 194 g/mol. The quantitative estimate of drug-likeness (QED) is 0.384. The number of hydrogen-bond acceptors (Lipinski definition) is 2. The van der Waals surface area contributed by atoms with Crippen LogP contribution in [0.5, 0.6) is 0 Å². The Morgan fingerprint density at radius 1 is 1.00 bits per heavy atom. The van der Waals surface area contributed by atoms with E-state index in [2.05, 4.69) is 0 Å². The molecule has 0 aromatic carbocycles. The van der Waals surface area contributed by atoms with Gasteiger partial charge >= 0.3 is 80.9 Å². The molecule has 0 bridgehead atoms. The molecule has 6 N–H and O–H groups in total. The first kappa shape index (κ1) is 22.6. The van der Waals surface area contributed by atoms with Crippen molar-refractivity contribution in [1.82, 2.24) is 0 Å². The van der Waals surface area contributed by atoms with Crippen LogP contribution in [0.15, 0.2) is 0 Å². The van der Waals surface area contributed by atoms with Gasteiger partial charge in [0, 0.05) is 0 Å². The molecule has 0 atom stereocenters. The second kappa shape index (κ2) is 8.61. The van der Waals surface area contributed by atoms with E-state index in [1.165, 1.54) is 0 Å². The van der Waals surface area contributed by atoms with Crippen LogP contribution in [0.1, 0.15) is 0 Å². The van der Waals surface area contributed by atoms with Crippen LogP contribution in [0, 0.1) is 0 Å². The molecule has 8 heavy (non-hydrogen) atoms. The van der Waals surface area contributed by atoms with Gasteiger partial charge in [-0.3, -0.25) is 0 Å². The SMILES string of the molecule is O.O.[KH].[O]=[Cr](=[O])([OH])[OH]. The van der Waals surface area contributed by atoms with Crippen LogP contribution in [-0.2, 0) is 21.2 Å². The Labute approximate surface area is 90.3 Å². The summed E-state index contributed by atoms with van der Waals surface area (Å²) in [5, 5.41) is 0. The monoisotopic (exact) mass is 194 g/mol. The third-order valence-corrected chi connectivity index (χ3v) is 0. The normalized spacial score (nSPS) is 7.25. The summed E-state index contributed by atoms with van der Waals surface area (Å²) in [5.74, 6) is 0. The summed E-state index contributed by atoms with van der Waals surface area (Å²) in [6.07, 6.45) is 0. The van der Waals surface area contributed by atoms with Crippen LogP contribution >= 0.6 is 0 Å². The standard InChI is InChI=1S/Cr.K.4H2O.2O.H/h;;4*1H2;;;/q+2;;;;;;;;/p-2. The molecule has 0 aromatic heterocycles. The molecular formula is H7CrKO6. The third kappa shape index (κ3) is 128. The number of hydrogen-bond donors (Lipinski definition) is 2.